The third-order valence-corrected chi connectivity index (χ3v) is 4.69. The predicted octanol–water partition coefficient (Wildman–Crippen LogP) is 4.94. The zero-order valence-corrected chi connectivity index (χ0v) is 15.0. The molecule has 0 bridgehead atoms. The van der Waals surface area contributed by atoms with Crippen LogP contribution in [-0.2, 0) is 4.84 Å². The largest absolute Gasteiger partial charge is 0.494 e. The van der Waals surface area contributed by atoms with E-state index in [2.05, 4.69) is 30.8 Å². The number of hydrogen-bond donors (Lipinski definition) is 0. The molecule has 0 aromatic heterocycles. The number of ether oxygens (including phenoxy) is 1. The van der Waals surface area contributed by atoms with Crippen LogP contribution in [0.1, 0.15) is 58.4 Å². The van der Waals surface area contributed by atoms with Crippen molar-refractivity contribution in [2.45, 2.75) is 58.5 Å². The minimum atomic E-state index is -0.531. The molecule has 1 aromatic carbocycles. The van der Waals surface area contributed by atoms with E-state index in [0.29, 0.717) is 11.5 Å². The number of benzene rings is 1. The van der Waals surface area contributed by atoms with Crippen LogP contribution in [0.3, 0.4) is 0 Å². The monoisotopic (exact) mass is 331 g/mol. The molecule has 0 unspecified atom stereocenters. The number of rotatable bonds is 5. The Morgan fingerprint density at radius 1 is 1.38 bits per heavy atom. The quantitative estimate of drug-likeness (QED) is 0.435. The lowest BCUT2D eigenvalue weighted by atomic mass is 10.0. The second kappa shape index (κ2) is 8.19. The maximum Gasteiger partial charge on any atom is 0.197 e. The van der Waals surface area contributed by atoms with Crippen LogP contribution in [0.15, 0.2) is 23.4 Å². The number of oxime groups is 1. The van der Waals surface area contributed by atoms with Crippen LogP contribution < -0.4 is 4.74 Å². The lowest BCUT2D eigenvalue weighted by Crippen LogP contribution is -2.25. The lowest BCUT2D eigenvalue weighted by molar-refractivity contribution is 0.00745. The summed E-state index contributed by atoms with van der Waals surface area (Å²) in [6.45, 7) is 6.27. The molecular formula is C20H26FNO2. The smallest absolute Gasteiger partial charge is 0.197 e. The van der Waals surface area contributed by atoms with Gasteiger partial charge in [0.2, 0.25) is 0 Å². The molecule has 0 saturated heterocycles. The summed E-state index contributed by atoms with van der Waals surface area (Å²) < 4.78 is 18.5. The summed E-state index contributed by atoms with van der Waals surface area (Å²) in [4.78, 5) is 5.89. The third kappa shape index (κ3) is 4.50. The fourth-order valence-electron chi connectivity index (χ4n) is 2.65. The van der Waals surface area contributed by atoms with Gasteiger partial charge in [0.1, 0.15) is 0 Å². The summed E-state index contributed by atoms with van der Waals surface area (Å²) in [7, 11) is 1.45. The topological polar surface area (TPSA) is 30.8 Å². The average Bonchev–Trinajstić information content (AvgIpc) is 3.07. The first-order valence-corrected chi connectivity index (χ1v) is 8.59. The van der Waals surface area contributed by atoms with Crippen LogP contribution in [0.5, 0.6) is 5.75 Å². The van der Waals surface area contributed by atoms with E-state index in [-0.39, 0.29) is 11.6 Å². The molecule has 1 saturated carbocycles. The summed E-state index contributed by atoms with van der Waals surface area (Å²) in [6.07, 6.45) is 4.94. The minimum absolute atomic E-state index is 0.203. The SMILES string of the molecule is CC[C@H](C)/C(C)=N/OC1(C#Cc2ccc(F)c(OC)c2)CCCC1. The zero-order valence-electron chi connectivity index (χ0n) is 15.0. The number of nitrogens with zero attached hydrogens (tertiary/aromatic N) is 1. The van der Waals surface area contributed by atoms with Crippen molar-refractivity contribution in [3.8, 4) is 17.6 Å². The first-order valence-electron chi connectivity index (χ1n) is 8.59. The van der Waals surface area contributed by atoms with Crippen LogP contribution in [0, 0.1) is 23.6 Å². The Morgan fingerprint density at radius 3 is 2.71 bits per heavy atom. The summed E-state index contributed by atoms with van der Waals surface area (Å²) in [5.41, 5.74) is 1.18. The van der Waals surface area contributed by atoms with Crippen LogP contribution in [-0.4, -0.2) is 18.4 Å². The van der Waals surface area contributed by atoms with E-state index >= 15 is 0 Å². The van der Waals surface area contributed by atoms with Gasteiger partial charge in [-0.25, -0.2) is 4.39 Å². The Morgan fingerprint density at radius 2 is 2.08 bits per heavy atom. The van der Waals surface area contributed by atoms with Crippen molar-refractivity contribution in [3.63, 3.8) is 0 Å². The molecule has 3 nitrogen and oxygen atoms in total. The van der Waals surface area contributed by atoms with Gasteiger partial charge >= 0.3 is 0 Å². The molecule has 0 heterocycles. The van der Waals surface area contributed by atoms with Gasteiger partial charge in [-0.1, -0.05) is 24.9 Å². The number of methoxy groups -OCH3 is 1. The van der Waals surface area contributed by atoms with E-state index in [0.717, 1.165) is 37.8 Å². The Labute approximate surface area is 144 Å². The molecule has 130 valence electrons. The van der Waals surface area contributed by atoms with Gasteiger partial charge in [0.05, 0.1) is 12.8 Å². The fourth-order valence-corrected chi connectivity index (χ4v) is 2.65. The Kier molecular flexibility index (Phi) is 6.25. The molecular weight excluding hydrogens is 305 g/mol. The van der Waals surface area contributed by atoms with Gasteiger partial charge in [-0.15, -0.1) is 0 Å². The first kappa shape index (κ1) is 18.3. The maximum atomic E-state index is 13.5. The average molecular weight is 331 g/mol. The van der Waals surface area contributed by atoms with E-state index < -0.39 is 5.60 Å². The minimum Gasteiger partial charge on any atom is -0.494 e. The Hall–Kier alpha value is -2.02. The van der Waals surface area contributed by atoms with Crippen LogP contribution in [0.4, 0.5) is 4.39 Å². The summed E-state index contributed by atoms with van der Waals surface area (Å²) in [6, 6.07) is 4.64. The molecule has 1 fully saturated rings. The van der Waals surface area contributed by atoms with Crippen LogP contribution >= 0.6 is 0 Å². The molecule has 0 spiro atoms. The summed E-state index contributed by atoms with van der Waals surface area (Å²) in [5, 5.41) is 4.34. The van der Waals surface area contributed by atoms with E-state index in [4.69, 9.17) is 9.57 Å². The highest BCUT2D eigenvalue weighted by atomic mass is 19.1. The van der Waals surface area contributed by atoms with Crippen molar-refractivity contribution in [3.05, 3.63) is 29.6 Å². The first-order chi connectivity index (χ1) is 11.5. The van der Waals surface area contributed by atoms with Crippen molar-refractivity contribution in [2.75, 3.05) is 7.11 Å². The molecule has 0 amide bonds. The normalized spacial score (nSPS) is 17.8. The van der Waals surface area contributed by atoms with Gasteiger partial charge in [0, 0.05) is 18.4 Å². The van der Waals surface area contributed by atoms with Crippen molar-refractivity contribution < 1.29 is 14.0 Å². The second-order valence-electron chi connectivity index (χ2n) is 6.43. The van der Waals surface area contributed by atoms with Gasteiger partial charge in [0.15, 0.2) is 17.2 Å². The highest BCUT2D eigenvalue weighted by molar-refractivity contribution is 5.83. The second-order valence-corrected chi connectivity index (χ2v) is 6.43. The van der Waals surface area contributed by atoms with Gasteiger partial charge in [-0.3, -0.25) is 0 Å². The van der Waals surface area contributed by atoms with E-state index in [9.17, 15) is 4.39 Å². The summed E-state index contributed by atoms with van der Waals surface area (Å²) in [5.74, 6) is 6.56. The van der Waals surface area contributed by atoms with Crippen LogP contribution in [0.2, 0.25) is 0 Å². The molecule has 1 aliphatic rings. The van der Waals surface area contributed by atoms with Crippen LogP contribution in [0.25, 0.3) is 0 Å². The van der Waals surface area contributed by atoms with Gasteiger partial charge in [-0.05, 0) is 56.2 Å². The standard InChI is InChI=1S/C20H26FNO2/c1-5-15(2)16(3)22-24-20(11-6-7-12-20)13-10-17-8-9-18(21)19(14-17)23-4/h8-9,14-15H,5-7,11-12H2,1-4H3/b22-16+/t15-/m0/s1. The van der Waals surface area contributed by atoms with Gasteiger partial charge in [0.25, 0.3) is 0 Å². The highest BCUT2D eigenvalue weighted by Crippen LogP contribution is 2.33. The molecule has 1 atom stereocenters. The molecule has 0 aliphatic heterocycles. The van der Waals surface area contributed by atoms with Crippen molar-refractivity contribution in [2.24, 2.45) is 11.1 Å². The Bertz CT molecular complexity index is 651. The molecule has 4 heteroatoms. The van der Waals surface area contributed by atoms with E-state index in [1.54, 1.807) is 12.1 Å². The molecule has 0 radical (unpaired) electrons. The zero-order chi connectivity index (χ0) is 17.6. The molecule has 2 rings (SSSR count). The molecule has 1 aromatic rings. The van der Waals surface area contributed by atoms with E-state index in [1.165, 1.54) is 13.2 Å². The van der Waals surface area contributed by atoms with Crippen molar-refractivity contribution in [1.82, 2.24) is 0 Å². The third-order valence-electron chi connectivity index (χ3n) is 4.69. The Balaban J connectivity index is 2.20. The maximum absolute atomic E-state index is 13.5. The van der Waals surface area contributed by atoms with Crippen molar-refractivity contribution >= 4 is 5.71 Å². The molecule has 1 aliphatic carbocycles. The molecule has 0 N–H and O–H groups in total. The van der Waals surface area contributed by atoms with E-state index in [1.807, 2.05) is 6.92 Å². The number of hydrogen-bond acceptors (Lipinski definition) is 3. The number of halogens is 1. The fraction of sp³-hybridized carbons (Fsp3) is 0.550. The van der Waals surface area contributed by atoms with Gasteiger partial charge < -0.3 is 9.57 Å². The predicted molar refractivity (Wildman–Crippen MR) is 94.7 cm³/mol. The molecule has 24 heavy (non-hydrogen) atoms. The lowest BCUT2D eigenvalue weighted by Gasteiger charge is -2.21. The van der Waals surface area contributed by atoms with Gasteiger partial charge in [-0.2, -0.15) is 0 Å². The highest BCUT2D eigenvalue weighted by Gasteiger charge is 2.35. The van der Waals surface area contributed by atoms with Crippen molar-refractivity contribution in [1.29, 1.82) is 0 Å². The summed E-state index contributed by atoms with van der Waals surface area (Å²) >= 11 is 0.